The first kappa shape index (κ1) is 18.5. The van der Waals surface area contributed by atoms with Crippen LogP contribution in [0.25, 0.3) is 11.0 Å². The largest absolute Gasteiger partial charge is 0.491 e. The van der Waals surface area contributed by atoms with Crippen LogP contribution in [-0.4, -0.2) is 26.8 Å². The molecule has 1 fully saturated rings. The highest BCUT2D eigenvalue weighted by Gasteiger charge is 2.28. The van der Waals surface area contributed by atoms with Gasteiger partial charge in [0.25, 0.3) is 5.91 Å². The first-order valence-corrected chi connectivity index (χ1v) is 9.76. The zero-order chi connectivity index (χ0) is 20.0. The second-order valence-corrected chi connectivity index (χ2v) is 7.87. The third-order valence-electron chi connectivity index (χ3n) is 5.05. The van der Waals surface area contributed by atoms with Gasteiger partial charge in [-0.25, -0.2) is 4.98 Å². The lowest BCUT2D eigenvalue weighted by Crippen LogP contribution is -2.15. The summed E-state index contributed by atoms with van der Waals surface area (Å²) in [5.41, 5.74) is 4.94. The highest BCUT2D eigenvalue weighted by Crippen LogP contribution is 2.40. The van der Waals surface area contributed by atoms with E-state index >= 15 is 0 Å². The average molecular weight is 378 g/mol. The fourth-order valence-corrected chi connectivity index (χ4v) is 3.54. The van der Waals surface area contributed by atoms with E-state index in [1.165, 1.54) is 0 Å². The second-order valence-electron chi connectivity index (χ2n) is 7.87. The maximum Gasteiger partial charge on any atom is 0.256 e. The van der Waals surface area contributed by atoms with Crippen LogP contribution >= 0.6 is 0 Å². The number of carbonyl (C=O) groups excluding carboxylic acids is 1. The molecule has 0 radical (unpaired) electrons. The van der Waals surface area contributed by atoms with Gasteiger partial charge in [-0.1, -0.05) is 0 Å². The quantitative estimate of drug-likeness (QED) is 0.710. The van der Waals surface area contributed by atoms with Crippen LogP contribution in [0.4, 0.5) is 5.69 Å². The average Bonchev–Trinajstić information content (AvgIpc) is 3.43. The van der Waals surface area contributed by atoms with Crippen LogP contribution in [0.1, 0.15) is 59.9 Å². The van der Waals surface area contributed by atoms with Crippen molar-refractivity contribution in [3.8, 4) is 5.75 Å². The Hall–Kier alpha value is -2.89. The molecule has 1 aliphatic rings. The number of aryl methyl sites for hydroxylation is 3. The highest BCUT2D eigenvalue weighted by molar-refractivity contribution is 6.13. The van der Waals surface area contributed by atoms with Crippen molar-refractivity contribution in [2.24, 2.45) is 7.05 Å². The molecule has 4 rings (SSSR count). The molecule has 3 aromatic rings. The van der Waals surface area contributed by atoms with Crippen LogP contribution < -0.4 is 10.1 Å². The molecule has 1 saturated carbocycles. The number of nitrogens with one attached hydrogen (secondary N) is 1. The second kappa shape index (κ2) is 6.93. The number of ether oxygens (including phenoxy) is 1. The van der Waals surface area contributed by atoms with Crippen LogP contribution in [-0.2, 0) is 7.05 Å². The summed E-state index contributed by atoms with van der Waals surface area (Å²) in [4.78, 5) is 18.0. The predicted molar refractivity (Wildman–Crippen MR) is 110 cm³/mol. The number of nitrogens with zero attached hydrogens (tertiary/aromatic N) is 3. The van der Waals surface area contributed by atoms with Gasteiger partial charge in [0.1, 0.15) is 5.75 Å². The number of amides is 1. The van der Waals surface area contributed by atoms with E-state index in [1.807, 2.05) is 59.0 Å². The number of carbonyl (C=O) groups is 1. The van der Waals surface area contributed by atoms with Gasteiger partial charge >= 0.3 is 0 Å². The Morgan fingerprint density at radius 3 is 2.64 bits per heavy atom. The minimum Gasteiger partial charge on any atom is -0.491 e. The summed E-state index contributed by atoms with van der Waals surface area (Å²) < 4.78 is 7.49. The molecule has 0 atom stereocenters. The zero-order valence-electron chi connectivity index (χ0n) is 17.0. The first-order valence-electron chi connectivity index (χ1n) is 9.76. The molecule has 2 heterocycles. The molecule has 6 heteroatoms. The molecule has 0 aliphatic heterocycles. The third kappa shape index (κ3) is 3.46. The van der Waals surface area contributed by atoms with Gasteiger partial charge in [0.05, 0.1) is 22.7 Å². The van der Waals surface area contributed by atoms with Crippen LogP contribution in [0.5, 0.6) is 5.75 Å². The van der Waals surface area contributed by atoms with E-state index in [9.17, 15) is 4.79 Å². The SMILES string of the molecule is Cc1cc(OC(C)C)ccc1NC(=O)c1cc(C2CC2)nc2c1c(C)nn2C. The van der Waals surface area contributed by atoms with E-state index in [1.54, 1.807) is 4.68 Å². The smallest absolute Gasteiger partial charge is 0.256 e. The maximum atomic E-state index is 13.2. The van der Waals surface area contributed by atoms with Gasteiger partial charge in [0, 0.05) is 24.3 Å². The Kier molecular flexibility index (Phi) is 4.57. The van der Waals surface area contributed by atoms with E-state index < -0.39 is 0 Å². The lowest BCUT2D eigenvalue weighted by molar-refractivity contribution is 0.102. The molecule has 2 aromatic heterocycles. The van der Waals surface area contributed by atoms with Crippen LogP contribution in [0.15, 0.2) is 24.3 Å². The minimum atomic E-state index is -0.133. The van der Waals surface area contributed by atoms with Crippen molar-refractivity contribution in [2.45, 2.75) is 52.6 Å². The van der Waals surface area contributed by atoms with E-state index in [0.717, 1.165) is 52.3 Å². The monoisotopic (exact) mass is 378 g/mol. The number of anilines is 1. The number of benzene rings is 1. The number of fused-ring (bicyclic) bond motifs is 1. The molecule has 1 amide bonds. The summed E-state index contributed by atoms with van der Waals surface area (Å²) in [6, 6.07) is 7.66. The van der Waals surface area contributed by atoms with Crippen molar-refractivity contribution in [1.82, 2.24) is 14.8 Å². The minimum absolute atomic E-state index is 0.111. The highest BCUT2D eigenvalue weighted by atomic mass is 16.5. The molecule has 1 aromatic carbocycles. The Labute approximate surface area is 164 Å². The van der Waals surface area contributed by atoms with Crippen LogP contribution in [0, 0.1) is 13.8 Å². The van der Waals surface area contributed by atoms with Gasteiger partial charge in [0.2, 0.25) is 0 Å². The van der Waals surface area contributed by atoms with Crippen LogP contribution in [0.3, 0.4) is 0 Å². The fraction of sp³-hybridized carbons (Fsp3) is 0.409. The van der Waals surface area contributed by atoms with Crippen LogP contribution in [0.2, 0.25) is 0 Å². The van der Waals surface area contributed by atoms with Crippen molar-refractivity contribution in [2.75, 3.05) is 5.32 Å². The van der Waals surface area contributed by atoms with Crippen molar-refractivity contribution in [3.63, 3.8) is 0 Å². The molecule has 0 unspecified atom stereocenters. The van der Waals surface area contributed by atoms with E-state index in [4.69, 9.17) is 9.72 Å². The molecular weight excluding hydrogens is 352 g/mol. The lowest BCUT2D eigenvalue weighted by atomic mass is 10.1. The Bertz CT molecular complexity index is 1060. The van der Waals surface area contributed by atoms with Gasteiger partial charge in [-0.15, -0.1) is 0 Å². The van der Waals surface area contributed by atoms with Gasteiger partial charge in [0.15, 0.2) is 5.65 Å². The molecule has 146 valence electrons. The van der Waals surface area contributed by atoms with Gasteiger partial charge in [-0.2, -0.15) is 5.10 Å². The number of rotatable bonds is 5. The van der Waals surface area contributed by atoms with Crippen molar-refractivity contribution in [1.29, 1.82) is 0 Å². The number of hydrogen-bond donors (Lipinski definition) is 1. The van der Waals surface area contributed by atoms with E-state index in [0.29, 0.717) is 11.5 Å². The Morgan fingerprint density at radius 1 is 1.25 bits per heavy atom. The summed E-state index contributed by atoms with van der Waals surface area (Å²) in [6.45, 7) is 7.87. The maximum absolute atomic E-state index is 13.2. The summed E-state index contributed by atoms with van der Waals surface area (Å²) in [5, 5.41) is 8.36. The molecule has 0 bridgehead atoms. The summed E-state index contributed by atoms with van der Waals surface area (Å²) in [7, 11) is 1.87. The number of hydrogen-bond acceptors (Lipinski definition) is 4. The Balaban J connectivity index is 1.69. The van der Waals surface area contributed by atoms with Crippen molar-refractivity contribution >= 4 is 22.6 Å². The molecule has 1 N–H and O–H groups in total. The predicted octanol–water partition coefficient (Wildman–Crippen LogP) is 4.50. The standard InChI is InChI=1S/C22H26N4O2/c1-12(2)28-16-8-9-18(13(3)10-16)24-22(27)17-11-19(15-6-7-15)23-21-20(17)14(4)25-26(21)5/h8-12,15H,6-7H2,1-5H3,(H,24,27). The number of aromatic nitrogens is 3. The molecule has 0 spiro atoms. The molecule has 0 saturated heterocycles. The summed E-state index contributed by atoms with van der Waals surface area (Å²) in [6.07, 6.45) is 2.37. The topological polar surface area (TPSA) is 69.0 Å². The van der Waals surface area contributed by atoms with Crippen molar-refractivity contribution in [3.05, 3.63) is 46.8 Å². The van der Waals surface area contributed by atoms with Gasteiger partial charge in [-0.05, 0) is 70.4 Å². The normalized spacial score (nSPS) is 13.9. The Morgan fingerprint density at radius 2 is 2.00 bits per heavy atom. The third-order valence-corrected chi connectivity index (χ3v) is 5.05. The molecule has 6 nitrogen and oxygen atoms in total. The summed E-state index contributed by atoms with van der Waals surface area (Å²) in [5.74, 6) is 1.13. The van der Waals surface area contributed by atoms with Crippen molar-refractivity contribution < 1.29 is 9.53 Å². The molecule has 1 aliphatic carbocycles. The zero-order valence-corrected chi connectivity index (χ0v) is 17.0. The first-order chi connectivity index (χ1) is 13.3. The van der Waals surface area contributed by atoms with E-state index in [-0.39, 0.29) is 12.0 Å². The van der Waals surface area contributed by atoms with E-state index in [2.05, 4.69) is 10.4 Å². The fourth-order valence-electron chi connectivity index (χ4n) is 3.54. The van der Waals surface area contributed by atoms with Gasteiger partial charge in [-0.3, -0.25) is 9.48 Å². The molecular formula is C22H26N4O2. The summed E-state index contributed by atoms with van der Waals surface area (Å²) >= 11 is 0. The number of pyridine rings is 1. The molecule has 28 heavy (non-hydrogen) atoms. The van der Waals surface area contributed by atoms with Gasteiger partial charge < -0.3 is 10.1 Å². The lowest BCUT2D eigenvalue weighted by Gasteiger charge is -2.14.